The van der Waals surface area contributed by atoms with Gasteiger partial charge in [0, 0.05) is 6.54 Å². The third-order valence-electron chi connectivity index (χ3n) is 3.07. The lowest BCUT2D eigenvalue weighted by Crippen LogP contribution is -2.39. The number of nitrogens with zero attached hydrogens (tertiary/aromatic N) is 3. The van der Waals surface area contributed by atoms with Gasteiger partial charge in [0.1, 0.15) is 28.5 Å². The second-order valence-corrected chi connectivity index (χ2v) is 6.38. The highest BCUT2D eigenvalue weighted by atomic mass is 35.5. The van der Waals surface area contributed by atoms with E-state index in [1.807, 2.05) is 20.8 Å². The van der Waals surface area contributed by atoms with E-state index in [2.05, 4.69) is 21.8 Å². The smallest absolute Gasteiger partial charge is 0.411 e. The molecule has 0 unspecified atom stereocenters. The lowest BCUT2D eigenvalue weighted by molar-refractivity contribution is 0.0261. The summed E-state index contributed by atoms with van der Waals surface area (Å²) in [5.74, 6) is 6.15. The standard InChI is InChI=1S/C15H19ClN4O2/c1-15(2,3)22-14(21)20-8-4-5-10(20)6-7-11-12(16)18-9-19-13(11)17/h9-10H,4-5,8H2,1-3H3,(H2,17,18,19)/t10-/m0/s1. The van der Waals surface area contributed by atoms with Crippen molar-refractivity contribution < 1.29 is 9.53 Å². The van der Waals surface area contributed by atoms with Gasteiger partial charge in [0.15, 0.2) is 0 Å². The Hall–Kier alpha value is -2.00. The molecule has 1 aromatic heterocycles. The minimum Gasteiger partial charge on any atom is -0.444 e. The summed E-state index contributed by atoms with van der Waals surface area (Å²) in [6.07, 6.45) is 2.60. The molecule has 6 nitrogen and oxygen atoms in total. The maximum atomic E-state index is 12.2. The maximum Gasteiger partial charge on any atom is 0.411 e. The fourth-order valence-corrected chi connectivity index (χ4v) is 2.29. The van der Waals surface area contributed by atoms with Gasteiger partial charge in [0.25, 0.3) is 0 Å². The molecule has 1 amide bonds. The molecule has 0 aliphatic carbocycles. The van der Waals surface area contributed by atoms with E-state index in [-0.39, 0.29) is 23.1 Å². The first-order valence-corrected chi connectivity index (χ1v) is 7.43. The second-order valence-electron chi connectivity index (χ2n) is 6.03. The van der Waals surface area contributed by atoms with E-state index in [1.165, 1.54) is 6.33 Å². The summed E-state index contributed by atoms with van der Waals surface area (Å²) in [4.78, 5) is 21.5. The van der Waals surface area contributed by atoms with Crippen molar-refractivity contribution in [2.24, 2.45) is 0 Å². The number of anilines is 1. The molecule has 0 bridgehead atoms. The number of carbonyl (C=O) groups is 1. The average molecular weight is 323 g/mol. The van der Waals surface area contributed by atoms with E-state index in [0.29, 0.717) is 12.1 Å². The summed E-state index contributed by atoms with van der Waals surface area (Å²) >= 11 is 5.96. The van der Waals surface area contributed by atoms with Gasteiger partial charge >= 0.3 is 6.09 Å². The number of halogens is 1. The number of likely N-dealkylation sites (tertiary alicyclic amines) is 1. The highest BCUT2D eigenvalue weighted by Crippen LogP contribution is 2.21. The summed E-state index contributed by atoms with van der Waals surface area (Å²) in [6.45, 7) is 6.14. The van der Waals surface area contributed by atoms with Crippen molar-refractivity contribution in [2.75, 3.05) is 12.3 Å². The Bertz CT molecular complexity index is 610. The Morgan fingerprint density at radius 3 is 2.86 bits per heavy atom. The minimum atomic E-state index is -0.529. The Labute approximate surface area is 135 Å². The van der Waals surface area contributed by atoms with Crippen molar-refractivity contribution >= 4 is 23.5 Å². The van der Waals surface area contributed by atoms with E-state index in [0.717, 1.165) is 12.8 Å². The van der Waals surface area contributed by atoms with E-state index < -0.39 is 5.60 Å². The summed E-state index contributed by atoms with van der Waals surface area (Å²) in [5, 5.41) is 0.210. The van der Waals surface area contributed by atoms with Crippen molar-refractivity contribution in [1.29, 1.82) is 0 Å². The molecule has 2 N–H and O–H groups in total. The van der Waals surface area contributed by atoms with Crippen molar-refractivity contribution in [1.82, 2.24) is 14.9 Å². The van der Waals surface area contributed by atoms with Gasteiger partial charge in [0.2, 0.25) is 0 Å². The van der Waals surface area contributed by atoms with E-state index in [9.17, 15) is 4.79 Å². The van der Waals surface area contributed by atoms with Crippen molar-refractivity contribution in [3.63, 3.8) is 0 Å². The number of nitrogen functional groups attached to an aromatic ring is 1. The fraction of sp³-hybridized carbons (Fsp3) is 0.533. The molecule has 7 heteroatoms. The molecule has 1 aliphatic rings. The molecule has 0 spiro atoms. The van der Waals surface area contributed by atoms with Crippen LogP contribution < -0.4 is 5.73 Å². The molecule has 2 heterocycles. The first-order chi connectivity index (χ1) is 10.3. The predicted octanol–water partition coefficient (Wildman–Crippen LogP) is 2.46. The Morgan fingerprint density at radius 1 is 1.50 bits per heavy atom. The first kappa shape index (κ1) is 16.4. The quantitative estimate of drug-likeness (QED) is 0.586. The van der Waals surface area contributed by atoms with Crippen molar-refractivity contribution in [2.45, 2.75) is 45.3 Å². The molecule has 22 heavy (non-hydrogen) atoms. The number of ether oxygens (including phenoxy) is 1. The van der Waals surface area contributed by atoms with E-state index in [4.69, 9.17) is 22.1 Å². The molecule has 0 radical (unpaired) electrons. The molecule has 0 aromatic carbocycles. The van der Waals surface area contributed by atoms with Crippen LogP contribution in [0.1, 0.15) is 39.2 Å². The van der Waals surface area contributed by atoms with Crippen LogP contribution >= 0.6 is 11.6 Å². The monoisotopic (exact) mass is 322 g/mol. The van der Waals surface area contributed by atoms with Crippen molar-refractivity contribution in [3.8, 4) is 11.8 Å². The van der Waals surface area contributed by atoms with Crippen LogP contribution in [0.4, 0.5) is 10.6 Å². The zero-order chi connectivity index (χ0) is 16.3. The normalized spacial score (nSPS) is 17.8. The summed E-state index contributed by atoms with van der Waals surface area (Å²) in [5.41, 5.74) is 5.60. The zero-order valence-corrected chi connectivity index (χ0v) is 13.6. The molecule has 118 valence electrons. The van der Waals surface area contributed by atoms with Crippen LogP contribution in [0.25, 0.3) is 0 Å². The molecule has 0 saturated carbocycles. The van der Waals surface area contributed by atoms with E-state index in [1.54, 1.807) is 4.90 Å². The summed E-state index contributed by atoms with van der Waals surface area (Å²) in [6, 6.07) is -0.217. The highest BCUT2D eigenvalue weighted by molar-refractivity contribution is 6.30. The van der Waals surface area contributed by atoms with Crippen LogP contribution in [-0.4, -0.2) is 39.1 Å². The topological polar surface area (TPSA) is 81.3 Å². The molecule has 1 aliphatic heterocycles. The van der Waals surface area contributed by atoms with Crippen LogP contribution in [0.15, 0.2) is 6.33 Å². The molecule has 1 atom stereocenters. The number of carbonyl (C=O) groups excluding carboxylic acids is 1. The average Bonchev–Trinajstić information content (AvgIpc) is 2.84. The SMILES string of the molecule is CC(C)(C)OC(=O)N1CCC[C@H]1C#Cc1c(N)ncnc1Cl. The summed E-state index contributed by atoms with van der Waals surface area (Å²) in [7, 11) is 0. The number of amides is 1. The number of aromatic nitrogens is 2. The van der Waals surface area contributed by atoms with Gasteiger partial charge < -0.3 is 10.5 Å². The molecule has 1 fully saturated rings. The third kappa shape index (κ3) is 4.01. The first-order valence-electron chi connectivity index (χ1n) is 7.05. The van der Waals surface area contributed by atoms with Crippen molar-refractivity contribution in [3.05, 3.63) is 17.0 Å². The van der Waals surface area contributed by atoms with Gasteiger partial charge in [-0.3, -0.25) is 4.90 Å². The van der Waals surface area contributed by atoms with Crippen LogP contribution in [-0.2, 0) is 4.74 Å². The lowest BCUT2D eigenvalue weighted by Gasteiger charge is -2.26. The molecule has 1 aromatic rings. The zero-order valence-electron chi connectivity index (χ0n) is 12.9. The van der Waals surface area contributed by atoms with Crippen LogP contribution in [0.2, 0.25) is 5.15 Å². The number of rotatable bonds is 0. The molecular weight excluding hydrogens is 304 g/mol. The van der Waals surface area contributed by atoms with E-state index >= 15 is 0 Å². The molecule has 1 saturated heterocycles. The van der Waals surface area contributed by atoms with Gasteiger partial charge in [-0.1, -0.05) is 23.4 Å². The van der Waals surface area contributed by atoms with Crippen LogP contribution in [0.5, 0.6) is 0 Å². The van der Waals surface area contributed by atoms with Gasteiger partial charge in [-0.15, -0.1) is 0 Å². The molecule has 2 rings (SSSR count). The Balaban J connectivity index is 2.16. The number of hydrogen-bond acceptors (Lipinski definition) is 5. The predicted molar refractivity (Wildman–Crippen MR) is 84.3 cm³/mol. The number of nitrogens with two attached hydrogens (primary N) is 1. The number of hydrogen-bond donors (Lipinski definition) is 1. The maximum absolute atomic E-state index is 12.2. The van der Waals surface area contributed by atoms with Crippen LogP contribution in [0.3, 0.4) is 0 Å². The molecular formula is C15H19ClN4O2. The van der Waals surface area contributed by atoms with Gasteiger partial charge in [0.05, 0.1) is 6.04 Å². The summed E-state index contributed by atoms with van der Waals surface area (Å²) < 4.78 is 5.40. The Kier molecular flexibility index (Phi) is 4.77. The second kappa shape index (κ2) is 6.41. The van der Waals surface area contributed by atoms with Gasteiger partial charge in [-0.05, 0) is 33.6 Å². The fourth-order valence-electron chi connectivity index (χ4n) is 2.10. The minimum absolute atomic E-state index is 0.210. The highest BCUT2D eigenvalue weighted by Gasteiger charge is 2.31. The Morgan fingerprint density at radius 2 is 2.23 bits per heavy atom. The van der Waals surface area contributed by atoms with Gasteiger partial charge in [-0.25, -0.2) is 14.8 Å². The lowest BCUT2D eigenvalue weighted by atomic mass is 10.2. The van der Waals surface area contributed by atoms with Gasteiger partial charge in [-0.2, -0.15) is 0 Å². The largest absolute Gasteiger partial charge is 0.444 e. The third-order valence-corrected chi connectivity index (χ3v) is 3.36. The van der Waals surface area contributed by atoms with Crippen LogP contribution in [0, 0.1) is 11.8 Å².